The molecule has 0 fully saturated rings. The van der Waals surface area contributed by atoms with E-state index in [9.17, 15) is 0 Å². The summed E-state index contributed by atoms with van der Waals surface area (Å²) in [5.74, 6) is 0.583. The van der Waals surface area contributed by atoms with Crippen LogP contribution in [-0.4, -0.2) is 25.3 Å². The van der Waals surface area contributed by atoms with Crippen LogP contribution in [0.25, 0.3) is 0 Å². The highest BCUT2D eigenvalue weighted by Gasteiger charge is 2.22. The first-order valence-electron chi connectivity index (χ1n) is 6.32. The quantitative estimate of drug-likeness (QED) is 0.657. The van der Waals surface area contributed by atoms with Crippen molar-refractivity contribution in [3.63, 3.8) is 0 Å². The molecule has 0 aromatic rings. The van der Waals surface area contributed by atoms with Crippen molar-refractivity contribution in [1.29, 1.82) is 5.26 Å². The van der Waals surface area contributed by atoms with E-state index in [1.807, 2.05) is 6.92 Å². The van der Waals surface area contributed by atoms with Crippen LogP contribution in [0.3, 0.4) is 0 Å². The highest BCUT2D eigenvalue weighted by molar-refractivity contribution is 5.03. The molecule has 94 valence electrons. The van der Waals surface area contributed by atoms with Gasteiger partial charge < -0.3 is 4.74 Å². The van der Waals surface area contributed by atoms with Crippen LogP contribution in [0.15, 0.2) is 0 Å². The average Bonchev–Trinajstić information content (AvgIpc) is 2.27. The Balaban J connectivity index is 3.82. The van der Waals surface area contributed by atoms with Crippen molar-refractivity contribution in [3.8, 4) is 6.07 Å². The van der Waals surface area contributed by atoms with Crippen molar-refractivity contribution < 1.29 is 4.74 Å². The van der Waals surface area contributed by atoms with Gasteiger partial charge >= 0.3 is 0 Å². The lowest BCUT2D eigenvalue weighted by Crippen LogP contribution is -2.45. The zero-order valence-corrected chi connectivity index (χ0v) is 11.2. The standard InChI is InChI=1S/C13H26N2O/c1-5-7-12(3)9-16-11-13(4,10-14)15-8-6-2/h12,15H,5-9,11H2,1-4H3. The van der Waals surface area contributed by atoms with Gasteiger partial charge in [0.05, 0.1) is 12.7 Å². The van der Waals surface area contributed by atoms with E-state index in [4.69, 9.17) is 10.00 Å². The Labute approximate surface area is 100 Å². The van der Waals surface area contributed by atoms with E-state index in [2.05, 4.69) is 32.2 Å². The fourth-order valence-electron chi connectivity index (χ4n) is 1.56. The second-order valence-electron chi connectivity index (χ2n) is 4.78. The van der Waals surface area contributed by atoms with Gasteiger partial charge in [-0.1, -0.05) is 27.2 Å². The van der Waals surface area contributed by atoms with Gasteiger partial charge in [0.2, 0.25) is 0 Å². The first-order chi connectivity index (χ1) is 7.58. The van der Waals surface area contributed by atoms with Gasteiger partial charge in [0.15, 0.2) is 0 Å². The Morgan fingerprint density at radius 2 is 2.06 bits per heavy atom. The number of hydrogen-bond donors (Lipinski definition) is 1. The molecule has 2 atom stereocenters. The number of nitriles is 1. The second-order valence-corrected chi connectivity index (χ2v) is 4.78. The molecule has 0 saturated heterocycles. The van der Waals surface area contributed by atoms with Gasteiger partial charge in [-0.25, -0.2) is 0 Å². The molecule has 0 aromatic heterocycles. The minimum absolute atomic E-state index is 0.470. The summed E-state index contributed by atoms with van der Waals surface area (Å²) in [5.41, 5.74) is -0.540. The monoisotopic (exact) mass is 226 g/mol. The van der Waals surface area contributed by atoms with E-state index < -0.39 is 5.54 Å². The van der Waals surface area contributed by atoms with E-state index in [0.717, 1.165) is 19.6 Å². The Bertz CT molecular complexity index is 212. The molecular weight excluding hydrogens is 200 g/mol. The van der Waals surface area contributed by atoms with Crippen molar-refractivity contribution in [2.75, 3.05) is 19.8 Å². The fourth-order valence-corrected chi connectivity index (χ4v) is 1.56. The molecule has 0 amide bonds. The number of hydrogen-bond acceptors (Lipinski definition) is 3. The minimum Gasteiger partial charge on any atom is -0.378 e. The summed E-state index contributed by atoms with van der Waals surface area (Å²) in [5, 5.41) is 12.3. The molecule has 0 spiro atoms. The molecule has 1 N–H and O–H groups in total. The van der Waals surface area contributed by atoms with Crippen LogP contribution in [0.5, 0.6) is 0 Å². The normalized spacial score (nSPS) is 16.4. The maximum Gasteiger partial charge on any atom is 0.127 e. The van der Waals surface area contributed by atoms with Gasteiger partial charge in [-0.15, -0.1) is 0 Å². The highest BCUT2D eigenvalue weighted by Crippen LogP contribution is 2.08. The zero-order chi connectivity index (χ0) is 12.4. The van der Waals surface area contributed by atoms with Gasteiger partial charge in [0.25, 0.3) is 0 Å². The number of rotatable bonds is 9. The average molecular weight is 226 g/mol. The van der Waals surface area contributed by atoms with Crippen molar-refractivity contribution in [3.05, 3.63) is 0 Å². The number of ether oxygens (including phenoxy) is 1. The summed E-state index contributed by atoms with van der Waals surface area (Å²) in [6, 6.07) is 2.28. The summed E-state index contributed by atoms with van der Waals surface area (Å²) in [6.45, 7) is 10.4. The SMILES string of the molecule is CCCNC(C)(C#N)COCC(C)CCC. The van der Waals surface area contributed by atoms with Crippen molar-refractivity contribution >= 4 is 0 Å². The van der Waals surface area contributed by atoms with Gasteiger partial charge in [-0.05, 0) is 32.2 Å². The Morgan fingerprint density at radius 3 is 2.56 bits per heavy atom. The number of nitrogens with one attached hydrogen (secondary N) is 1. The summed E-state index contributed by atoms with van der Waals surface area (Å²) >= 11 is 0. The van der Waals surface area contributed by atoms with Crippen LogP contribution in [0.1, 0.15) is 47.0 Å². The lowest BCUT2D eigenvalue weighted by atomic mass is 10.1. The van der Waals surface area contributed by atoms with E-state index >= 15 is 0 Å². The van der Waals surface area contributed by atoms with Gasteiger partial charge in [-0.2, -0.15) is 5.26 Å². The molecule has 0 aliphatic rings. The van der Waals surface area contributed by atoms with Gasteiger partial charge in [0.1, 0.15) is 5.54 Å². The molecule has 0 heterocycles. The van der Waals surface area contributed by atoms with E-state index in [1.54, 1.807) is 0 Å². The minimum atomic E-state index is -0.540. The summed E-state index contributed by atoms with van der Waals surface area (Å²) in [6.07, 6.45) is 3.41. The summed E-state index contributed by atoms with van der Waals surface area (Å²) in [7, 11) is 0. The van der Waals surface area contributed by atoms with Gasteiger partial charge in [0, 0.05) is 6.61 Å². The predicted molar refractivity (Wildman–Crippen MR) is 67.2 cm³/mol. The Morgan fingerprint density at radius 1 is 1.38 bits per heavy atom. The molecule has 0 radical (unpaired) electrons. The summed E-state index contributed by atoms with van der Waals surface area (Å²) in [4.78, 5) is 0. The van der Waals surface area contributed by atoms with Crippen LogP contribution >= 0.6 is 0 Å². The maximum absolute atomic E-state index is 9.09. The smallest absolute Gasteiger partial charge is 0.127 e. The molecule has 2 unspecified atom stereocenters. The van der Waals surface area contributed by atoms with Crippen molar-refractivity contribution in [2.24, 2.45) is 5.92 Å². The lowest BCUT2D eigenvalue weighted by Gasteiger charge is -2.23. The van der Waals surface area contributed by atoms with Crippen molar-refractivity contribution in [2.45, 2.75) is 52.5 Å². The van der Waals surface area contributed by atoms with Crippen LogP contribution < -0.4 is 5.32 Å². The molecule has 0 bridgehead atoms. The van der Waals surface area contributed by atoms with E-state index in [1.165, 1.54) is 12.8 Å². The first kappa shape index (κ1) is 15.4. The van der Waals surface area contributed by atoms with Crippen LogP contribution in [0.2, 0.25) is 0 Å². The fraction of sp³-hybridized carbons (Fsp3) is 0.923. The largest absolute Gasteiger partial charge is 0.378 e. The van der Waals surface area contributed by atoms with Crippen molar-refractivity contribution in [1.82, 2.24) is 5.32 Å². The molecular formula is C13H26N2O. The molecule has 0 aromatic carbocycles. The molecule has 3 nitrogen and oxygen atoms in total. The van der Waals surface area contributed by atoms with E-state index in [0.29, 0.717) is 12.5 Å². The third kappa shape index (κ3) is 6.81. The third-order valence-electron chi connectivity index (χ3n) is 2.59. The molecule has 3 heteroatoms. The maximum atomic E-state index is 9.09. The molecule has 16 heavy (non-hydrogen) atoms. The zero-order valence-electron chi connectivity index (χ0n) is 11.2. The molecule has 0 aliphatic heterocycles. The van der Waals surface area contributed by atoms with Crippen LogP contribution in [-0.2, 0) is 4.74 Å². The third-order valence-corrected chi connectivity index (χ3v) is 2.59. The predicted octanol–water partition coefficient (Wildman–Crippen LogP) is 2.72. The second kappa shape index (κ2) is 8.55. The van der Waals surface area contributed by atoms with Crippen LogP contribution in [0.4, 0.5) is 0 Å². The summed E-state index contributed by atoms with van der Waals surface area (Å²) < 4.78 is 5.62. The Hall–Kier alpha value is -0.590. The highest BCUT2D eigenvalue weighted by atomic mass is 16.5. The lowest BCUT2D eigenvalue weighted by molar-refractivity contribution is 0.0703. The Kier molecular flexibility index (Phi) is 8.23. The molecule has 0 saturated carbocycles. The first-order valence-corrected chi connectivity index (χ1v) is 6.32. The van der Waals surface area contributed by atoms with Crippen LogP contribution in [0, 0.1) is 17.2 Å². The molecule has 0 rings (SSSR count). The molecule has 0 aliphatic carbocycles. The van der Waals surface area contributed by atoms with E-state index in [-0.39, 0.29) is 0 Å². The topological polar surface area (TPSA) is 45.0 Å². The van der Waals surface area contributed by atoms with Gasteiger partial charge in [-0.3, -0.25) is 5.32 Å². The number of nitrogens with zero attached hydrogens (tertiary/aromatic N) is 1.